The SMILES string of the molecule is CC(=O)c1cc2c(n(CC3CCCO3)c1=O)CCC2. The summed E-state index contributed by atoms with van der Waals surface area (Å²) in [5, 5.41) is 0. The van der Waals surface area contributed by atoms with E-state index in [0.29, 0.717) is 12.1 Å². The van der Waals surface area contributed by atoms with Crippen LogP contribution < -0.4 is 5.56 Å². The average Bonchev–Trinajstić information content (AvgIpc) is 3.02. The normalized spacial score (nSPS) is 21.6. The molecule has 0 aromatic carbocycles. The van der Waals surface area contributed by atoms with Gasteiger partial charge in [0.2, 0.25) is 0 Å². The molecule has 1 aromatic rings. The van der Waals surface area contributed by atoms with E-state index in [0.717, 1.165) is 44.4 Å². The van der Waals surface area contributed by atoms with Gasteiger partial charge in [-0.3, -0.25) is 9.59 Å². The Balaban J connectivity index is 2.05. The van der Waals surface area contributed by atoms with Crippen LogP contribution in [0.4, 0.5) is 0 Å². The number of aryl methyl sites for hydroxylation is 1. The van der Waals surface area contributed by atoms with E-state index in [1.165, 1.54) is 12.5 Å². The van der Waals surface area contributed by atoms with Crippen molar-refractivity contribution in [3.63, 3.8) is 0 Å². The average molecular weight is 261 g/mol. The lowest BCUT2D eigenvalue weighted by atomic mass is 10.1. The van der Waals surface area contributed by atoms with E-state index < -0.39 is 0 Å². The predicted octanol–water partition coefficient (Wildman–Crippen LogP) is 1.72. The number of rotatable bonds is 3. The second-order valence-corrected chi connectivity index (χ2v) is 5.49. The minimum absolute atomic E-state index is 0.129. The molecule has 0 radical (unpaired) electrons. The second-order valence-electron chi connectivity index (χ2n) is 5.49. The molecule has 4 heteroatoms. The number of carbonyl (C=O) groups excluding carboxylic acids is 1. The molecule has 0 saturated carbocycles. The highest BCUT2D eigenvalue weighted by Crippen LogP contribution is 2.23. The van der Waals surface area contributed by atoms with Crippen LogP contribution in [-0.2, 0) is 24.1 Å². The number of Topliss-reactive ketones (excluding diaryl/α,β-unsaturated/α-hetero) is 1. The Bertz CT molecular complexity index is 567. The van der Waals surface area contributed by atoms with Gasteiger partial charge in [0, 0.05) is 12.3 Å². The highest BCUT2D eigenvalue weighted by Gasteiger charge is 2.24. The highest BCUT2D eigenvalue weighted by molar-refractivity contribution is 5.93. The lowest BCUT2D eigenvalue weighted by Crippen LogP contribution is -2.32. The lowest BCUT2D eigenvalue weighted by molar-refractivity contribution is 0.0945. The first-order valence-corrected chi connectivity index (χ1v) is 7.05. The van der Waals surface area contributed by atoms with E-state index in [-0.39, 0.29) is 17.4 Å². The summed E-state index contributed by atoms with van der Waals surface area (Å²) in [7, 11) is 0. The zero-order chi connectivity index (χ0) is 13.4. The fourth-order valence-electron chi connectivity index (χ4n) is 3.16. The number of ketones is 1. The minimum atomic E-state index is -0.138. The molecule has 1 aliphatic carbocycles. The Morgan fingerprint density at radius 1 is 1.42 bits per heavy atom. The minimum Gasteiger partial charge on any atom is -0.376 e. The number of nitrogens with zero attached hydrogens (tertiary/aromatic N) is 1. The molecule has 1 fully saturated rings. The van der Waals surface area contributed by atoms with E-state index >= 15 is 0 Å². The maximum absolute atomic E-state index is 12.4. The fraction of sp³-hybridized carbons (Fsp3) is 0.600. The van der Waals surface area contributed by atoms with Crippen molar-refractivity contribution in [1.82, 2.24) is 4.57 Å². The van der Waals surface area contributed by atoms with Crippen LogP contribution in [-0.4, -0.2) is 23.1 Å². The van der Waals surface area contributed by atoms with Gasteiger partial charge in [0.05, 0.1) is 18.2 Å². The van der Waals surface area contributed by atoms with E-state index in [4.69, 9.17) is 4.74 Å². The topological polar surface area (TPSA) is 48.3 Å². The first kappa shape index (κ1) is 12.6. The monoisotopic (exact) mass is 261 g/mol. The van der Waals surface area contributed by atoms with E-state index in [1.807, 2.05) is 0 Å². The van der Waals surface area contributed by atoms with Gasteiger partial charge in [0.25, 0.3) is 5.56 Å². The van der Waals surface area contributed by atoms with Gasteiger partial charge in [-0.05, 0) is 50.7 Å². The van der Waals surface area contributed by atoms with Crippen LogP contribution in [0.2, 0.25) is 0 Å². The van der Waals surface area contributed by atoms with Gasteiger partial charge in [0.15, 0.2) is 5.78 Å². The Labute approximate surface area is 112 Å². The molecular weight excluding hydrogens is 242 g/mol. The van der Waals surface area contributed by atoms with Gasteiger partial charge in [-0.25, -0.2) is 0 Å². The van der Waals surface area contributed by atoms with Crippen molar-refractivity contribution in [2.75, 3.05) is 6.61 Å². The molecule has 0 spiro atoms. The summed E-state index contributed by atoms with van der Waals surface area (Å²) in [4.78, 5) is 24.1. The van der Waals surface area contributed by atoms with Crippen LogP contribution in [0, 0.1) is 0 Å². The molecule has 1 saturated heterocycles. The molecule has 0 N–H and O–H groups in total. The van der Waals surface area contributed by atoms with Gasteiger partial charge in [0.1, 0.15) is 0 Å². The Hall–Kier alpha value is -1.42. The maximum Gasteiger partial charge on any atom is 0.261 e. The number of fused-ring (bicyclic) bond motifs is 1. The van der Waals surface area contributed by atoms with Crippen LogP contribution in [0.3, 0.4) is 0 Å². The number of hydrogen-bond acceptors (Lipinski definition) is 3. The van der Waals surface area contributed by atoms with Gasteiger partial charge >= 0.3 is 0 Å². The van der Waals surface area contributed by atoms with Crippen LogP contribution in [0.5, 0.6) is 0 Å². The van der Waals surface area contributed by atoms with Gasteiger partial charge in [-0.2, -0.15) is 0 Å². The smallest absolute Gasteiger partial charge is 0.261 e. The van der Waals surface area contributed by atoms with E-state index in [9.17, 15) is 9.59 Å². The molecular formula is C15H19NO3. The fourth-order valence-corrected chi connectivity index (χ4v) is 3.16. The summed E-state index contributed by atoms with van der Waals surface area (Å²) < 4.78 is 7.43. The first-order valence-electron chi connectivity index (χ1n) is 7.05. The lowest BCUT2D eigenvalue weighted by Gasteiger charge is -2.17. The molecule has 1 unspecified atom stereocenters. The van der Waals surface area contributed by atoms with Crippen molar-refractivity contribution in [3.8, 4) is 0 Å². The van der Waals surface area contributed by atoms with Crippen molar-refractivity contribution >= 4 is 5.78 Å². The summed E-state index contributed by atoms with van der Waals surface area (Å²) in [6.45, 7) is 2.85. The van der Waals surface area contributed by atoms with Crippen molar-refractivity contribution in [2.45, 2.75) is 51.7 Å². The summed E-state index contributed by atoms with van der Waals surface area (Å²) >= 11 is 0. The molecule has 4 nitrogen and oxygen atoms in total. The quantitative estimate of drug-likeness (QED) is 0.778. The molecule has 102 valence electrons. The largest absolute Gasteiger partial charge is 0.376 e. The van der Waals surface area contributed by atoms with E-state index in [1.54, 1.807) is 10.6 Å². The molecule has 2 aliphatic rings. The summed E-state index contributed by atoms with van der Waals surface area (Å²) in [6.07, 6.45) is 5.18. The Kier molecular flexibility index (Phi) is 3.27. The molecule has 1 aliphatic heterocycles. The second kappa shape index (κ2) is 4.93. The standard InChI is InChI=1S/C15H19NO3/c1-10(17)13-8-11-4-2-6-14(11)16(15(13)18)9-12-5-3-7-19-12/h8,12H,2-7,9H2,1H3. The number of pyridine rings is 1. The molecule has 1 aromatic heterocycles. The number of carbonyl (C=O) groups is 1. The Morgan fingerprint density at radius 2 is 2.26 bits per heavy atom. The third kappa shape index (κ3) is 2.25. The van der Waals surface area contributed by atoms with Gasteiger partial charge < -0.3 is 9.30 Å². The first-order chi connectivity index (χ1) is 9.16. The van der Waals surface area contributed by atoms with Crippen molar-refractivity contribution in [1.29, 1.82) is 0 Å². The number of hydrogen-bond donors (Lipinski definition) is 0. The van der Waals surface area contributed by atoms with Crippen LogP contribution in [0.25, 0.3) is 0 Å². The summed E-state index contributed by atoms with van der Waals surface area (Å²) in [5.74, 6) is -0.138. The molecule has 0 bridgehead atoms. The third-order valence-corrected chi connectivity index (χ3v) is 4.14. The highest BCUT2D eigenvalue weighted by atomic mass is 16.5. The zero-order valence-electron chi connectivity index (χ0n) is 11.3. The van der Waals surface area contributed by atoms with Crippen molar-refractivity contribution in [3.05, 3.63) is 33.2 Å². The van der Waals surface area contributed by atoms with E-state index in [2.05, 4.69) is 0 Å². The Morgan fingerprint density at radius 3 is 2.95 bits per heavy atom. The van der Waals surface area contributed by atoms with Crippen LogP contribution in [0.15, 0.2) is 10.9 Å². The van der Waals surface area contributed by atoms with Gasteiger partial charge in [-0.15, -0.1) is 0 Å². The molecule has 19 heavy (non-hydrogen) atoms. The van der Waals surface area contributed by atoms with Gasteiger partial charge in [-0.1, -0.05) is 0 Å². The molecule has 1 atom stereocenters. The third-order valence-electron chi connectivity index (χ3n) is 4.14. The predicted molar refractivity (Wildman–Crippen MR) is 71.7 cm³/mol. The van der Waals surface area contributed by atoms with Crippen LogP contribution >= 0.6 is 0 Å². The molecule has 0 amide bonds. The van der Waals surface area contributed by atoms with Crippen molar-refractivity contribution < 1.29 is 9.53 Å². The van der Waals surface area contributed by atoms with Crippen LogP contribution in [0.1, 0.15) is 47.8 Å². The molecule has 2 heterocycles. The van der Waals surface area contributed by atoms with Crippen molar-refractivity contribution in [2.24, 2.45) is 0 Å². The molecule has 3 rings (SSSR count). The summed E-state index contributed by atoms with van der Waals surface area (Å²) in [6, 6.07) is 1.80. The zero-order valence-corrected chi connectivity index (χ0v) is 11.3. The summed E-state index contributed by atoms with van der Waals surface area (Å²) in [5.41, 5.74) is 2.48. The maximum atomic E-state index is 12.4. The number of aromatic nitrogens is 1. The number of ether oxygens (including phenoxy) is 1.